The van der Waals surface area contributed by atoms with Crippen molar-refractivity contribution >= 4 is 27.8 Å². The number of aliphatic hydroxyl groups excluding tert-OH is 1. The fourth-order valence-corrected chi connectivity index (χ4v) is 4.83. The normalized spacial score (nSPS) is 26.7. The molecule has 3 heterocycles. The Labute approximate surface area is 157 Å². The highest BCUT2D eigenvalue weighted by Gasteiger charge is 2.49. The lowest BCUT2D eigenvalue weighted by atomic mass is 9.71. The number of nitrogens with zero attached hydrogens (tertiary/aromatic N) is 1. The van der Waals surface area contributed by atoms with Gasteiger partial charge in [0.2, 0.25) is 5.91 Å². The molecule has 1 aromatic heterocycles. The summed E-state index contributed by atoms with van der Waals surface area (Å²) in [4.78, 5) is 14.9. The van der Waals surface area contributed by atoms with Crippen molar-refractivity contribution in [3.05, 3.63) is 48.0 Å². The van der Waals surface area contributed by atoms with Crippen molar-refractivity contribution < 1.29 is 14.3 Å². The Balaban J connectivity index is 1.47. The zero-order valence-corrected chi connectivity index (χ0v) is 15.3. The third-order valence-electron chi connectivity index (χ3n) is 6.28. The molecule has 1 spiro atoms. The van der Waals surface area contributed by atoms with Gasteiger partial charge in [0.1, 0.15) is 11.2 Å². The summed E-state index contributed by atoms with van der Waals surface area (Å²) in [7, 11) is 0. The van der Waals surface area contributed by atoms with Crippen LogP contribution in [0.3, 0.4) is 0 Å². The largest absolute Gasteiger partial charge is 0.456 e. The van der Waals surface area contributed by atoms with Gasteiger partial charge in [-0.3, -0.25) is 9.69 Å². The Morgan fingerprint density at radius 3 is 2.93 bits per heavy atom. The Morgan fingerprint density at radius 2 is 2.04 bits per heavy atom. The predicted molar refractivity (Wildman–Crippen MR) is 104 cm³/mol. The highest BCUT2D eigenvalue weighted by atomic mass is 16.3. The van der Waals surface area contributed by atoms with Crippen LogP contribution in [0.2, 0.25) is 0 Å². The summed E-state index contributed by atoms with van der Waals surface area (Å²) in [6.07, 6.45) is 1.75. The first-order valence-corrected chi connectivity index (χ1v) is 9.75. The van der Waals surface area contributed by atoms with Crippen molar-refractivity contribution in [2.45, 2.75) is 31.9 Å². The summed E-state index contributed by atoms with van der Waals surface area (Å²) < 4.78 is 6.15. The Morgan fingerprint density at radius 1 is 1.19 bits per heavy atom. The van der Waals surface area contributed by atoms with Crippen molar-refractivity contribution in [1.29, 1.82) is 0 Å². The van der Waals surface area contributed by atoms with Gasteiger partial charge in [0.15, 0.2) is 0 Å². The molecule has 2 atom stereocenters. The van der Waals surface area contributed by atoms with Gasteiger partial charge in [0.25, 0.3) is 0 Å². The van der Waals surface area contributed by atoms with E-state index in [2.05, 4.69) is 34.5 Å². The number of benzene rings is 2. The smallest absolute Gasteiger partial charge is 0.230 e. The molecule has 2 fully saturated rings. The summed E-state index contributed by atoms with van der Waals surface area (Å²) in [6, 6.07) is 14.4. The average Bonchev–Trinajstić information content (AvgIpc) is 3.07. The molecular formula is C22H24N2O3. The van der Waals surface area contributed by atoms with E-state index in [1.807, 2.05) is 18.2 Å². The second kappa shape index (κ2) is 6.36. The van der Waals surface area contributed by atoms with Crippen molar-refractivity contribution in [3.63, 3.8) is 0 Å². The molecule has 2 aliphatic heterocycles. The zero-order chi connectivity index (χ0) is 18.4. The summed E-state index contributed by atoms with van der Waals surface area (Å²) in [5, 5.41) is 15.8. The number of nitrogens with one attached hydrogen (secondary N) is 1. The van der Waals surface area contributed by atoms with Gasteiger partial charge in [-0.1, -0.05) is 36.4 Å². The molecule has 27 heavy (non-hydrogen) atoms. The number of likely N-dealkylation sites (tertiary alicyclic amines) is 1. The van der Waals surface area contributed by atoms with Crippen LogP contribution in [0.4, 0.5) is 0 Å². The van der Waals surface area contributed by atoms with Gasteiger partial charge in [-0.05, 0) is 25.3 Å². The number of furan rings is 1. The van der Waals surface area contributed by atoms with Crippen LogP contribution in [0.25, 0.3) is 21.9 Å². The van der Waals surface area contributed by atoms with Crippen LogP contribution in [0.5, 0.6) is 0 Å². The summed E-state index contributed by atoms with van der Waals surface area (Å²) >= 11 is 0. The molecule has 2 aromatic carbocycles. The van der Waals surface area contributed by atoms with Gasteiger partial charge in [-0.2, -0.15) is 0 Å². The second-order valence-corrected chi connectivity index (χ2v) is 7.92. The van der Waals surface area contributed by atoms with Gasteiger partial charge in [0, 0.05) is 42.5 Å². The maximum atomic E-state index is 12.6. The van der Waals surface area contributed by atoms with Crippen LogP contribution >= 0.6 is 0 Å². The number of rotatable bonds is 2. The van der Waals surface area contributed by atoms with Gasteiger partial charge < -0.3 is 14.8 Å². The van der Waals surface area contributed by atoms with E-state index in [4.69, 9.17) is 4.42 Å². The van der Waals surface area contributed by atoms with Crippen LogP contribution < -0.4 is 5.32 Å². The molecule has 2 saturated heterocycles. The van der Waals surface area contributed by atoms with E-state index in [-0.39, 0.29) is 5.91 Å². The monoisotopic (exact) mass is 364 g/mol. The molecule has 140 valence electrons. The molecule has 5 heteroatoms. The molecule has 0 aliphatic carbocycles. The van der Waals surface area contributed by atoms with Gasteiger partial charge in [-0.15, -0.1) is 0 Å². The Kier molecular flexibility index (Phi) is 3.95. The SMILES string of the molecule is O=C1NCCC[C@]12CN(Cc1cccc3c1oc1ccccc13)CC[C@@H]2O. The van der Waals surface area contributed by atoms with Crippen molar-refractivity contribution in [3.8, 4) is 0 Å². The molecule has 2 N–H and O–H groups in total. The minimum absolute atomic E-state index is 0.00731. The number of amides is 1. The summed E-state index contributed by atoms with van der Waals surface area (Å²) in [6.45, 7) is 2.81. The zero-order valence-electron chi connectivity index (χ0n) is 15.3. The third-order valence-corrected chi connectivity index (χ3v) is 6.28. The maximum Gasteiger partial charge on any atom is 0.230 e. The number of fused-ring (bicyclic) bond motifs is 3. The third kappa shape index (κ3) is 2.65. The lowest BCUT2D eigenvalue weighted by molar-refractivity contribution is -0.149. The number of aliphatic hydroxyl groups is 1. The van der Waals surface area contributed by atoms with E-state index < -0.39 is 11.5 Å². The molecule has 0 bridgehead atoms. The number of piperidine rings is 2. The molecule has 5 rings (SSSR count). The van der Waals surface area contributed by atoms with Gasteiger partial charge in [0.05, 0.1) is 11.5 Å². The van der Waals surface area contributed by atoms with Crippen molar-refractivity contribution in [2.24, 2.45) is 5.41 Å². The maximum absolute atomic E-state index is 12.6. The minimum Gasteiger partial charge on any atom is -0.456 e. The molecule has 1 amide bonds. The van der Waals surface area contributed by atoms with E-state index in [9.17, 15) is 9.90 Å². The van der Waals surface area contributed by atoms with Crippen LogP contribution in [-0.2, 0) is 11.3 Å². The first-order chi connectivity index (χ1) is 13.2. The molecule has 0 saturated carbocycles. The molecular weight excluding hydrogens is 340 g/mol. The van der Waals surface area contributed by atoms with Crippen LogP contribution in [0.15, 0.2) is 46.9 Å². The molecule has 0 radical (unpaired) electrons. The van der Waals surface area contributed by atoms with Crippen LogP contribution in [0.1, 0.15) is 24.8 Å². The lowest BCUT2D eigenvalue weighted by Crippen LogP contribution is -2.61. The highest BCUT2D eigenvalue weighted by molar-refractivity contribution is 6.05. The van der Waals surface area contributed by atoms with Gasteiger partial charge >= 0.3 is 0 Å². The molecule has 2 aliphatic rings. The van der Waals surface area contributed by atoms with E-state index in [0.717, 1.165) is 53.4 Å². The van der Waals surface area contributed by atoms with Crippen LogP contribution in [-0.4, -0.2) is 41.7 Å². The standard InChI is InChI=1S/C22H24N2O3/c25-19-9-12-24(14-22(19)10-4-11-23-21(22)26)13-15-5-3-7-17-16-6-1-2-8-18(16)27-20(15)17/h1-3,5-8,19,25H,4,9-14H2,(H,23,26)/t19-,22+/m0/s1. The first kappa shape index (κ1) is 16.8. The minimum atomic E-state index is -0.668. The number of hydrogen-bond donors (Lipinski definition) is 2. The Hall–Kier alpha value is -2.37. The summed E-state index contributed by atoms with van der Waals surface area (Å²) in [5.74, 6) is 0.00731. The highest BCUT2D eigenvalue weighted by Crippen LogP contribution is 2.38. The fourth-order valence-electron chi connectivity index (χ4n) is 4.83. The number of carbonyl (C=O) groups is 1. The molecule has 0 unspecified atom stereocenters. The Bertz CT molecular complexity index is 1010. The predicted octanol–water partition coefficient (Wildman–Crippen LogP) is 3.05. The van der Waals surface area contributed by atoms with E-state index in [0.29, 0.717) is 19.5 Å². The topological polar surface area (TPSA) is 65.7 Å². The number of hydrogen-bond acceptors (Lipinski definition) is 4. The average molecular weight is 364 g/mol. The molecule has 5 nitrogen and oxygen atoms in total. The number of carbonyl (C=O) groups excluding carboxylic acids is 1. The van der Waals surface area contributed by atoms with Gasteiger partial charge in [-0.25, -0.2) is 0 Å². The summed E-state index contributed by atoms with van der Waals surface area (Å²) in [5.41, 5.74) is 2.29. The fraction of sp³-hybridized carbons (Fsp3) is 0.409. The lowest BCUT2D eigenvalue weighted by Gasteiger charge is -2.47. The van der Waals surface area contributed by atoms with E-state index >= 15 is 0 Å². The first-order valence-electron chi connectivity index (χ1n) is 9.75. The van der Waals surface area contributed by atoms with E-state index in [1.165, 1.54) is 0 Å². The quantitative estimate of drug-likeness (QED) is 0.734. The van der Waals surface area contributed by atoms with Crippen molar-refractivity contribution in [2.75, 3.05) is 19.6 Å². The second-order valence-electron chi connectivity index (χ2n) is 7.92. The number of para-hydroxylation sites is 2. The van der Waals surface area contributed by atoms with E-state index in [1.54, 1.807) is 0 Å². The molecule has 3 aromatic rings. The van der Waals surface area contributed by atoms with Crippen molar-refractivity contribution in [1.82, 2.24) is 10.2 Å². The van der Waals surface area contributed by atoms with Crippen LogP contribution in [0, 0.1) is 5.41 Å².